The van der Waals surface area contributed by atoms with Crippen molar-refractivity contribution in [3.05, 3.63) is 47.7 Å². The van der Waals surface area contributed by atoms with E-state index in [9.17, 15) is 4.79 Å². The highest BCUT2D eigenvalue weighted by Crippen LogP contribution is 2.22. The maximum Gasteiger partial charge on any atom is 0.335 e. The Hall–Kier alpha value is -1.82. The van der Waals surface area contributed by atoms with Crippen LogP contribution in [0.4, 0.5) is 0 Å². The van der Waals surface area contributed by atoms with Crippen LogP contribution in [0.1, 0.15) is 29.5 Å². The van der Waals surface area contributed by atoms with Gasteiger partial charge in [-0.3, -0.25) is 0 Å². The van der Waals surface area contributed by atoms with E-state index in [1.54, 1.807) is 24.3 Å². The maximum absolute atomic E-state index is 10.8. The van der Waals surface area contributed by atoms with Crippen molar-refractivity contribution in [2.45, 2.75) is 25.9 Å². The van der Waals surface area contributed by atoms with E-state index in [0.29, 0.717) is 12.3 Å². The summed E-state index contributed by atoms with van der Waals surface area (Å²) in [6.45, 7) is 2.65. The topological polar surface area (TPSA) is 82.7 Å². The van der Waals surface area contributed by atoms with E-state index in [2.05, 4.69) is 5.32 Å². The highest BCUT2D eigenvalue weighted by Gasteiger charge is 2.09. The molecular formula is C16H20ClNO4. The van der Waals surface area contributed by atoms with E-state index in [1.165, 1.54) is 0 Å². The van der Waals surface area contributed by atoms with Gasteiger partial charge >= 0.3 is 5.97 Å². The van der Waals surface area contributed by atoms with Crippen molar-refractivity contribution in [3.8, 4) is 11.3 Å². The molecule has 1 atom stereocenters. The molecule has 1 unspecified atom stereocenters. The first-order valence-corrected chi connectivity index (χ1v) is 6.90. The molecule has 0 aliphatic heterocycles. The van der Waals surface area contributed by atoms with E-state index < -0.39 is 5.97 Å². The van der Waals surface area contributed by atoms with Crippen molar-refractivity contribution in [2.24, 2.45) is 0 Å². The highest BCUT2D eigenvalue weighted by atomic mass is 35.5. The molecule has 22 heavy (non-hydrogen) atoms. The quantitative estimate of drug-likeness (QED) is 0.729. The molecule has 120 valence electrons. The van der Waals surface area contributed by atoms with Gasteiger partial charge in [-0.25, -0.2) is 4.79 Å². The molecule has 5 nitrogen and oxygen atoms in total. The number of aliphatic hydroxyl groups excluding tert-OH is 1. The van der Waals surface area contributed by atoms with Crippen molar-refractivity contribution in [3.63, 3.8) is 0 Å². The fourth-order valence-corrected chi connectivity index (χ4v) is 1.99. The third kappa shape index (κ3) is 4.59. The summed E-state index contributed by atoms with van der Waals surface area (Å²) in [6, 6.07) is 10.3. The van der Waals surface area contributed by atoms with Gasteiger partial charge in [-0.05, 0) is 30.7 Å². The Morgan fingerprint density at radius 3 is 2.45 bits per heavy atom. The number of carboxylic acid groups (broad SMARTS) is 1. The number of halogens is 1. The molecule has 0 aliphatic rings. The Kier molecular flexibility index (Phi) is 7.11. The van der Waals surface area contributed by atoms with Crippen LogP contribution in [0.15, 0.2) is 40.8 Å². The lowest BCUT2D eigenvalue weighted by Crippen LogP contribution is -2.30. The SMILES string of the molecule is CCC(CO)NCc1ccc(-c2ccc(C(=O)O)cc2)o1.Cl. The van der Waals surface area contributed by atoms with Crippen LogP contribution in [0, 0.1) is 0 Å². The molecule has 0 spiro atoms. The number of hydrogen-bond acceptors (Lipinski definition) is 4. The molecule has 1 aromatic heterocycles. The average molecular weight is 326 g/mol. The average Bonchev–Trinajstić information content (AvgIpc) is 2.97. The summed E-state index contributed by atoms with van der Waals surface area (Å²) < 4.78 is 5.72. The van der Waals surface area contributed by atoms with E-state index in [4.69, 9.17) is 14.6 Å². The molecule has 2 rings (SSSR count). The molecule has 2 aromatic rings. The van der Waals surface area contributed by atoms with Crippen LogP contribution in [0.5, 0.6) is 0 Å². The third-order valence-corrected chi connectivity index (χ3v) is 3.36. The molecule has 3 N–H and O–H groups in total. The van der Waals surface area contributed by atoms with Gasteiger partial charge in [-0.2, -0.15) is 0 Å². The molecule has 1 aromatic carbocycles. The number of carboxylic acids is 1. The predicted octanol–water partition coefficient (Wildman–Crippen LogP) is 2.93. The second-order valence-corrected chi connectivity index (χ2v) is 4.82. The van der Waals surface area contributed by atoms with Gasteiger partial charge in [0.2, 0.25) is 0 Å². The van der Waals surface area contributed by atoms with Gasteiger partial charge in [-0.1, -0.05) is 19.1 Å². The van der Waals surface area contributed by atoms with E-state index in [1.807, 2.05) is 19.1 Å². The van der Waals surface area contributed by atoms with E-state index in [0.717, 1.165) is 17.7 Å². The summed E-state index contributed by atoms with van der Waals surface area (Å²) in [5.74, 6) is 0.528. The van der Waals surface area contributed by atoms with Gasteiger partial charge in [0.05, 0.1) is 18.7 Å². The molecule has 0 saturated carbocycles. The Morgan fingerprint density at radius 2 is 1.91 bits per heavy atom. The number of nitrogens with one attached hydrogen (secondary N) is 1. The third-order valence-electron chi connectivity index (χ3n) is 3.36. The molecule has 0 fully saturated rings. The van der Waals surface area contributed by atoms with Crippen molar-refractivity contribution in [2.75, 3.05) is 6.61 Å². The fraction of sp³-hybridized carbons (Fsp3) is 0.312. The number of aliphatic hydroxyl groups is 1. The molecular weight excluding hydrogens is 306 g/mol. The first-order chi connectivity index (χ1) is 10.1. The summed E-state index contributed by atoms with van der Waals surface area (Å²) in [4.78, 5) is 10.8. The van der Waals surface area contributed by atoms with Crippen LogP contribution in [0.3, 0.4) is 0 Å². The summed E-state index contributed by atoms with van der Waals surface area (Å²) >= 11 is 0. The van der Waals surface area contributed by atoms with Gasteiger partial charge < -0.3 is 19.9 Å². The van der Waals surface area contributed by atoms with Crippen molar-refractivity contribution >= 4 is 18.4 Å². The largest absolute Gasteiger partial charge is 0.478 e. The lowest BCUT2D eigenvalue weighted by Gasteiger charge is -2.12. The van der Waals surface area contributed by atoms with Crippen molar-refractivity contribution in [1.82, 2.24) is 5.32 Å². The zero-order valence-electron chi connectivity index (χ0n) is 12.3. The Balaban J connectivity index is 0.00000242. The maximum atomic E-state index is 10.8. The molecule has 0 radical (unpaired) electrons. The molecule has 0 amide bonds. The number of benzene rings is 1. The summed E-state index contributed by atoms with van der Waals surface area (Å²) in [6.07, 6.45) is 0.848. The van der Waals surface area contributed by atoms with Crippen LogP contribution in [-0.4, -0.2) is 28.8 Å². The van der Waals surface area contributed by atoms with Gasteiger partial charge in [0.15, 0.2) is 0 Å². The van der Waals surface area contributed by atoms with Crippen LogP contribution in [0.25, 0.3) is 11.3 Å². The molecule has 0 saturated heterocycles. The lowest BCUT2D eigenvalue weighted by molar-refractivity contribution is 0.0697. The summed E-state index contributed by atoms with van der Waals surface area (Å²) in [5, 5.41) is 21.2. The normalized spacial score (nSPS) is 11.7. The number of rotatable bonds is 7. The Bertz CT molecular complexity index is 590. The van der Waals surface area contributed by atoms with Gasteiger partial charge in [0.25, 0.3) is 0 Å². The fourth-order valence-electron chi connectivity index (χ4n) is 1.99. The number of furan rings is 1. The minimum Gasteiger partial charge on any atom is -0.478 e. The van der Waals surface area contributed by atoms with Gasteiger partial charge in [0, 0.05) is 11.6 Å². The minimum atomic E-state index is -0.944. The number of hydrogen-bond donors (Lipinski definition) is 3. The Morgan fingerprint density at radius 1 is 1.23 bits per heavy atom. The van der Waals surface area contributed by atoms with Crippen LogP contribution < -0.4 is 5.32 Å². The van der Waals surface area contributed by atoms with Gasteiger partial charge in [0.1, 0.15) is 11.5 Å². The predicted molar refractivity (Wildman–Crippen MR) is 86.4 cm³/mol. The molecule has 6 heteroatoms. The lowest BCUT2D eigenvalue weighted by atomic mass is 10.1. The summed E-state index contributed by atoms with van der Waals surface area (Å²) in [5.41, 5.74) is 1.08. The summed E-state index contributed by atoms with van der Waals surface area (Å²) in [7, 11) is 0. The monoisotopic (exact) mass is 325 g/mol. The zero-order valence-corrected chi connectivity index (χ0v) is 13.1. The zero-order chi connectivity index (χ0) is 15.2. The first-order valence-electron chi connectivity index (χ1n) is 6.90. The smallest absolute Gasteiger partial charge is 0.335 e. The molecule has 1 heterocycles. The molecule has 0 bridgehead atoms. The first kappa shape index (κ1) is 18.2. The minimum absolute atomic E-state index is 0. The Labute approximate surface area is 135 Å². The number of carbonyl (C=O) groups is 1. The van der Waals surface area contributed by atoms with Crippen LogP contribution >= 0.6 is 12.4 Å². The van der Waals surface area contributed by atoms with Crippen LogP contribution in [0.2, 0.25) is 0 Å². The second kappa shape index (κ2) is 8.58. The number of aromatic carboxylic acids is 1. The highest BCUT2D eigenvalue weighted by molar-refractivity contribution is 5.88. The molecule has 0 aliphatic carbocycles. The van der Waals surface area contributed by atoms with E-state index >= 15 is 0 Å². The second-order valence-electron chi connectivity index (χ2n) is 4.82. The van der Waals surface area contributed by atoms with E-state index in [-0.39, 0.29) is 30.6 Å². The van der Waals surface area contributed by atoms with Crippen LogP contribution in [-0.2, 0) is 6.54 Å². The van der Waals surface area contributed by atoms with Gasteiger partial charge in [-0.15, -0.1) is 12.4 Å². The van der Waals surface area contributed by atoms with Crippen molar-refractivity contribution in [1.29, 1.82) is 0 Å². The van der Waals surface area contributed by atoms with Crippen molar-refractivity contribution < 1.29 is 19.4 Å². The standard InChI is InChI=1S/C16H19NO4.ClH/c1-2-13(10-18)17-9-14-7-8-15(21-14)11-3-5-12(6-4-11)16(19)20;/h3-8,13,17-18H,2,9-10H2,1H3,(H,19,20);1H.